The van der Waals surface area contributed by atoms with Gasteiger partial charge >= 0.3 is 5.97 Å². The Morgan fingerprint density at radius 2 is 1.61 bits per heavy atom. The van der Waals surface area contributed by atoms with Gasteiger partial charge in [0.15, 0.2) is 0 Å². The van der Waals surface area contributed by atoms with Gasteiger partial charge in [-0.25, -0.2) is 13.2 Å². The highest BCUT2D eigenvalue weighted by Crippen LogP contribution is 2.25. The third-order valence-corrected chi connectivity index (χ3v) is 6.91. The van der Waals surface area contributed by atoms with Gasteiger partial charge in [-0.15, -0.1) is 0 Å². The van der Waals surface area contributed by atoms with Crippen molar-refractivity contribution in [3.05, 3.63) is 89.0 Å². The van der Waals surface area contributed by atoms with E-state index in [2.05, 4.69) is 5.32 Å². The van der Waals surface area contributed by atoms with Crippen LogP contribution in [0, 0.1) is 20.8 Å². The Morgan fingerprint density at radius 3 is 2.24 bits per heavy atom. The van der Waals surface area contributed by atoms with Crippen molar-refractivity contribution in [2.75, 3.05) is 23.3 Å². The number of carbonyl (C=O) groups excluding carboxylic acids is 2. The molecule has 172 valence electrons. The second-order valence-electron chi connectivity index (χ2n) is 7.73. The summed E-state index contributed by atoms with van der Waals surface area (Å²) in [6, 6.07) is 18.2. The number of benzene rings is 3. The van der Waals surface area contributed by atoms with E-state index in [1.165, 1.54) is 25.3 Å². The topological polar surface area (TPSA) is 92.8 Å². The van der Waals surface area contributed by atoms with E-state index in [0.717, 1.165) is 21.0 Å². The van der Waals surface area contributed by atoms with Crippen LogP contribution < -0.4 is 9.62 Å². The summed E-state index contributed by atoms with van der Waals surface area (Å²) in [4.78, 5) is 24.9. The minimum absolute atomic E-state index is 0.0891. The molecule has 0 saturated heterocycles. The van der Waals surface area contributed by atoms with Crippen molar-refractivity contribution in [2.45, 2.75) is 25.7 Å². The Morgan fingerprint density at radius 1 is 0.909 bits per heavy atom. The highest BCUT2D eigenvalue weighted by Gasteiger charge is 2.27. The van der Waals surface area contributed by atoms with Crippen LogP contribution in [0.4, 0.5) is 11.4 Å². The van der Waals surface area contributed by atoms with Crippen LogP contribution in [-0.2, 0) is 19.6 Å². The van der Waals surface area contributed by atoms with Gasteiger partial charge in [0.2, 0.25) is 5.91 Å². The maximum atomic E-state index is 13.5. The number of nitrogens with one attached hydrogen (secondary N) is 1. The first kappa shape index (κ1) is 24.0. The lowest BCUT2D eigenvalue weighted by Crippen LogP contribution is -2.38. The summed E-state index contributed by atoms with van der Waals surface area (Å²) in [5, 5.41) is 2.72. The molecule has 0 aliphatic carbocycles. The molecule has 1 amide bonds. The zero-order valence-corrected chi connectivity index (χ0v) is 19.8. The summed E-state index contributed by atoms with van der Waals surface area (Å²) in [5.41, 5.74) is 3.57. The summed E-state index contributed by atoms with van der Waals surface area (Å²) in [7, 11) is -2.74. The van der Waals surface area contributed by atoms with E-state index >= 15 is 0 Å². The van der Waals surface area contributed by atoms with Crippen LogP contribution in [0.25, 0.3) is 0 Å². The molecule has 0 atom stereocenters. The average molecular weight is 467 g/mol. The van der Waals surface area contributed by atoms with Crippen molar-refractivity contribution in [2.24, 2.45) is 0 Å². The minimum atomic E-state index is -4.01. The molecule has 8 heteroatoms. The van der Waals surface area contributed by atoms with Crippen molar-refractivity contribution in [3.8, 4) is 0 Å². The first-order valence-electron chi connectivity index (χ1n) is 10.3. The normalized spacial score (nSPS) is 11.0. The molecule has 0 unspecified atom stereocenters. The molecule has 0 aromatic heterocycles. The zero-order valence-electron chi connectivity index (χ0n) is 19.0. The number of amides is 1. The molecule has 1 N–H and O–H groups in total. The number of nitrogens with zero attached hydrogens (tertiary/aromatic N) is 1. The van der Waals surface area contributed by atoms with Crippen LogP contribution in [0.15, 0.2) is 71.6 Å². The van der Waals surface area contributed by atoms with E-state index < -0.39 is 28.4 Å². The third kappa shape index (κ3) is 5.59. The van der Waals surface area contributed by atoms with Crippen LogP contribution in [-0.4, -0.2) is 33.9 Å². The number of anilines is 2. The van der Waals surface area contributed by atoms with E-state index in [1.54, 1.807) is 49.4 Å². The number of rotatable bonds is 7. The van der Waals surface area contributed by atoms with E-state index in [-0.39, 0.29) is 10.5 Å². The van der Waals surface area contributed by atoms with Crippen LogP contribution in [0.5, 0.6) is 0 Å². The number of carbonyl (C=O) groups is 2. The van der Waals surface area contributed by atoms with Gasteiger partial charge in [-0.2, -0.15) is 0 Å². The Labute approximate surface area is 194 Å². The molecule has 3 rings (SSSR count). The van der Waals surface area contributed by atoms with Gasteiger partial charge in [0.05, 0.1) is 23.3 Å². The average Bonchev–Trinajstić information content (AvgIpc) is 2.78. The summed E-state index contributed by atoms with van der Waals surface area (Å²) in [6.07, 6.45) is 0. The molecule has 0 saturated carbocycles. The monoisotopic (exact) mass is 466 g/mol. The molecule has 0 aliphatic heterocycles. The maximum Gasteiger partial charge on any atom is 0.337 e. The van der Waals surface area contributed by atoms with Crippen molar-refractivity contribution in [1.82, 2.24) is 0 Å². The Hall–Kier alpha value is -3.65. The number of methoxy groups -OCH3 is 1. The summed E-state index contributed by atoms with van der Waals surface area (Å²) >= 11 is 0. The summed E-state index contributed by atoms with van der Waals surface area (Å²) in [6.45, 7) is 5.05. The molecule has 0 radical (unpaired) electrons. The van der Waals surface area contributed by atoms with Crippen LogP contribution in [0.2, 0.25) is 0 Å². The van der Waals surface area contributed by atoms with Crippen molar-refractivity contribution >= 4 is 33.3 Å². The Bertz CT molecular complexity index is 1280. The highest BCUT2D eigenvalue weighted by atomic mass is 32.2. The first-order valence-corrected chi connectivity index (χ1v) is 11.7. The van der Waals surface area contributed by atoms with Crippen molar-refractivity contribution in [1.29, 1.82) is 0 Å². The van der Waals surface area contributed by atoms with Gasteiger partial charge in [-0.1, -0.05) is 35.9 Å². The predicted octanol–water partition coefficient (Wildman–Crippen LogP) is 4.23. The Balaban J connectivity index is 1.95. The molecular weight excluding hydrogens is 440 g/mol. The fourth-order valence-corrected chi connectivity index (χ4v) is 4.67. The van der Waals surface area contributed by atoms with E-state index in [0.29, 0.717) is 11.4 Å². The molecule has 7 nitrogen and oxygen atoms in total. The van der Waals surface area contributed by atoms with Gasteiger partial charge in [-0.05, 0) is 68.3 Å². The van der Waals surface area contributed by atoms with Gasteiger partial charge in [-0.3, -0.25) is 9.10 Å². The smallest absolute Gasteiger partial charge is 0.337 e. The summed E-state index contributed by atoms with van der Waals surface area (Å²) < 4.78 is 32.8. The number of ether oxygens (including phenoxy) is 1. The van der Waals surface area contributed by atoms with Crippen LogP contribution in [0.1, 0.15) is 27.0 Å². The lowest BCUT2D eigenvalue weighted by atomic mass is 10.1. The molecule has 3 aromatic rings. The second kappa shape index (κ2) is 9.87. The van der Waals surface area contributed by atoms with Crippen molar-refractivity contribution < 1.29 is 22.7 Å². The lowest BCUT2D eigenvalue weighted by Gasteiger charge is -2.24. The predicted molar refractivity (Wildman–Crippen MR) is 128 cm³/mol. The molecule has 0 bridgehead atoms. The van der Waals surface area contributed by atoms with E-state index in [1.807, 2.05) is 19.9 Å². The summed E-state index contributed by atoms with van der Waals surface area (Å²) in [5.74, 6) is -1.08. The van der Waals surface area contributed by atoms with Crippen molar-refractivity contribution in [3.63, 3.8) is 0 Å². The number of aryl methyl sites for hydroxylation is 3. The minimum Gasteiger partial charge on any atom is -0.465 e. The largest absolute Gasteiger partial charge is 0.465 e. The molecule has 33 heavy (non-hydrogen) atoms. The highest BCUT2D eigenvalue weighted by molar-refractivity contribution is 7.92. The quantitative estimate of drug-likeness (QED) is 0.526. The van der Waals surface area contributed by atoms with E-state index in [9.17, 15) is 18.0 Å². The van der Waals surface area contributed by atoms with Gasteiger partial charge in [0, 0.05) is 5.69 Å². The van der Waals surface area contributed by atoms with Gasteiger partial charge < -0.3 is 10.1 Å². The number of hydrogen-bond acceptors (Lipinski definition) is 5. The number of esters is 1. The lowest BCUT2D eigenvalue weighted by molar-refractivity contribution is -0.114. The van der Waals surface area contributed by atoms with E-state index in [4.69, 9.17) is 4.74 Å². The van der Waals surface area contributed by atoms with Gasteiger partial charge in [0.25, 0.3) is 10.0 Å². The number of sulfonamides is 1. The molecule has 0 heterocycles. The molecule has 3 aromatic carbocycles. The van der Waals surface area contributed by atoms with Crippen LogP contribution in [0.3, 0.4) is 0 Å². The third-order valence-electron chi connectivity index (χ3n) is 5.12. The fourth-order valence-electron chi connectivity index (χ4n) is 3.26. The number of hydrogen-bond donors (Lipinski definition) is 1. The standard InChI is InChI=1S/C25H26N2O5S/c1-17-8-12-22(13-9-17)33(30,31)27(21-7-5-6-18(2)14-21)16-24(28)26-23-15-20(25(29)32-4)11-10-19(23)3/h5-15H,16H2,1-4H3,(H,26,28). The zero-order chi connectivity index (χ0) is 24.2. The van der Waals surface area contributed by atoms with Gasteiger partial charge in [0.1, 0.15) is 6.54 Å². The second-order valence-corrected chi connectivity index (χ2v) is 9.60. The molecule has 0 spiro atoms. The maximum absolute atomic E-state index is 13.5. The SMILES string of the molecule is COC(=O)c1ccc(C)c(NC(=O)CN(c2cccc(C)c2)S(=O)(=O)c2ccc(C)cc2)c1. The first-order chi connectivity index (χ1) is 15.6. The van der Waals surface area contributed by atoms with Crippen LogP contribution >= 0.6 is 0 Å². The molecule has 0 aliphatic rings. The molecular formula is C25H26N2O5S. The fraction of sp³-hybridized carbons (Fsp3) is 0.200. The molecule has 0 fully saturated rings. The Kier molecular flexibility index (Phi) is 7.18.